The first-order valence-electron chi connectivity index (χ1n) is 21.7. The van der Waals surface area contributed by atoms with Gasteiger partial charge in [0, 0.05) is 37.4 Å². The maximum absolute atomic E-state index is 10.2. The van der Waals surface area contributed by atoms with Gasteiger partial charge in [0.25, 0.3) is 0 Å². The zero-order valence-corrected chi connectivity index (χ0v) is 39.2. The van der Waals surface area contributed by atoms with Crippen LogP contribution in [0, 0.1) is 23.5 Å². The minimum Gasteiger partial charge on any atom is -0.500 e. The summed E-state index contributed by atoms with van der Waals surface area (Å²) in [4.78, 5) is 9.51. The molecule has 0 bridgehead atoms. The summed E-state index contributed by atoms with van der Waals surface area (Å²) in [5, 5.41) is 11.9. The van der Waals surface area contributed by atoms with Gasteiger partial charge in [0.1, 0.15) is 5.58 Å². The van der Waals surface area contributed by atoms with Gasteiger partial charge < -0.3 is 14.0 Å². The molecule has 0 spiro atoms. The van der Waals surface area contributed by atoms with Gasteiger partial charge in [-0.1, -0.05) is 131 Å². The van der Waals surface area contributed by atoms with Crippen LogP contribution in [0.15, 0.2) is 168 Å². The van der Waals surface area contributed by atoms with Gasteiger partial charge in [0.05, 0.1) is 34.1 Å². The molecule has 7 aromatic carbocycles. The topological polar surface area (TPSA) is 67.6 Å². The molecular formula is C58H48IrN4O-2. The summed E-state index contributed by atoms with van der Waals surface area (Å²) in [7, 11) is 0. The van der Waals surface area contributed by atoms with Crippen LogP contribution in [0.2, 0.25) is 0 Å². The zero-order valence-electron chi connectivity index (χ0n) is 36.9. The number of pyridine rings is 1. The van der Waals surface area contributed by atoms with Gasteiger partial charge in [-0.25, -0.2) is 0 Å². The fourth-order valence-corrected chi connectivity index (χ4v) is 8.45. The van der Waals surface area contributed by atoms with Crippen molar-refractivity contribution >= 4 is 33.0 Å². The maximum atomic E-state index is 10.2. The Labute approximate surface area is 389 Å². The van der Waals surface area contributed by atoms with E-state index in [-0.39, 0.29) is 37.9 Å². The first-order valence-corrected chi connectivity index (χ1v) is 21.7. The molecule has 0 N–H and O–H groups in total. The third kappa shape index (κ3) is 8.46. The molecule has 0 saturated heterocycles. The molecule has 5 nitrogen and oxygen atoms in total. The number of nitriles is 1. The van der Waals surface area contributed by atoms with E-state index in [0.717, 1.165) is 55.7 Å². The van der Waals surface area contributed by atoms with Crippen molar-refractivity contribution in [2.75, 3.05) is 0 Å². The van der Waals surface area contributed by atoms with Gasteiger partial charge in [-0.15, -0.1) is 54.1 Å². The van der Waals surface area contributed by atoms with Gasteiger partial charge in [-0.3, -0.25) is 4.98 Å². The van der Waals surface area contributed by atoms with Crippen molar-refractivity contribution in [1.29, 1.82) is 5.26 Å². The quantitative estimate of drug-likeness (QED) is 0.142. The minimum atomic E-state index is 0. The van der Waals surface area contributed by atoms with E-state index in [1.54, 1.807) is 6.20 Å². The Kier molecular flexibility index (Phi) is 12.9. The molecule has 3 aromatic heterocycles. The van der Waals surface area contributed by atoms with Crippen LogP contribution < -0.4 is 0 Å². The predicted octanol–water partition coefficient (Wildman–Crippen LogP) is 15.5. The Morgan fingerprint density at radius 3 is 1.92 bits per heavy atom. The number of benzene rings is 7. The van der Waals surface area contributed by atoms with E-state index < -0.39 is 0 Å². The van der Waals surface area contributed by atoms with Crippen LogP contribution in [0.3, 0.4) is 0 Å². The van der Waals surface area contributed by atoms with E-state index in [4.69, 9.17) is 9.40 Å². The van der Waals surface area contributed by atoms with E-state index >= 15 is 0 Å². The number of nitrogens with zero attached hydrogens (tertiary/aromatic N) is 4. The third-order valence-corrected chi connectivity index (χ3v) is 11.7. The fourth-order valence-electron chi connectivity index (χ4n) is 8.45. The first-order chi connectivity index (χ1) is 30.7. The SMILES string of the molecule is CC(C)c1cc(C#N)c2c(c1)oc1c(-c3nc4ccccc4n3-c3c(C(C)C)cc(-c4ccc(-c5ccccc5)cc4)cc3C(C)C)[c-]ccc12.[Ir].[c-]1ccccc1-c1ccccn1. The van der Waals surface area contributed by atoms with Gasteiger partial charge >= 0.3 is 0 Å². The molecule has 10 aromatic rings. The molecule has 0 atom stereocenters. The predicted molar refractivity (Wildman–Crippen MR) is 259 cm³/mol. The number of hydrogen-bond acceptors (Lipinski definition) is 4. The van der Waals surface area contributed by atoms with Crippen LogP contribution in [0.25, 0.3) is 83.6 Å². The number of hydrogen-bond donors (Lipinski definition) is 0. The van der Waals surface area contributed by atoms with E-state index in [1.165, 1.54) is 33.4 Å². The second kappa shape index (κ2) is 18.8. The molecule has 6 heteroatoms. The molecule has 0 saturated carbocycles. The molecule has 0 aliphatic rings. The van der Waals surface area contributed by atoms with Crippen molar-refractivity contribution in [3.63, 3.8) is 0 Å². The number of para-hydroxylation sites is 2. The zero-order chi connectivity index (χ0) is 43.6. The summed E-state index contributed by atoms with van der Waals surface area (Å²) in [6.07, 6.45) is 1.79. The van der Waals surface area contributed by atoms with Crippen molar-refractivity contribution < 1.29 is 24.5 Å². The maximum Gasteiger partial charge on any atom is 0.122 e. The molecule has 3 heterocycles. The van der Waals surface area contributed by atoms with Gasteiger partial charge in [0.2, 0.25) is 0 Å². The monoisotopic (exact) mass is 1010 g/mol. The van der Waals surface area contributed by atoms with Crippen LogP contribution in [0.1, 0.15) is 81.5 Å². The van der Waals surface area contributed by atoms with E-state index in [1.807, 2.05) is 66.7 Å². The van der Waals surface area contributed by atoms with Gasteiger partial charge in [-0.05, 0) is 105 Å². The molecule has 10 rings (SSSR count). The van der Waals surface area contributed by atoms with Gasteiger partial charge in [-0.2, -0.15) is 5.26 Å². The minimum absolute atomic E-state index is 0. The summed E-state index contributed by atoms with van der Waals surface area (Å²) in [5.74, 6) is 1.49. The van der Waals surface area contributed by atoms with E-state index in [0.29, 0.717) is 16.7 Å². The fraction of sp³-hybridized carbons (Fsp3) is 0.155. The second-order valence-corrected chi connectivity index (χ2v) is 16.9. The van der Waals surface area contributed by atoms with Crippen molar-refractivity contribution in [2.45, 2.75) is 59.3 Å². The number of fused-ring (bicyclic) bond motifs is 4. The number of imidazole rings is 1. The van der Waals surface area contributed by atoms with Crippen LogP contribution in [-0.2, 0) is 20.1 Å². The molecule has 0 unspecified atom stereocenters. The Balaban J connectivity index is 0.000000372. The summed E-state index contributed by atoms with van der Waals surface area (Å²) in [6, 6.07) is 63.3. The molecule has 0 aliphatic carbocycles. The van der Waals surface area contributed by atoms with Crippen molar-refractivity contribution in [3.05, 3.63) is 198 Å². The van der Waals surface area contributed by atoms with Crippen LogP contribution >= 0.6 is 0 Å². The summed E-state index contributed by atoms with van der Waals surface area (Å²) in [5.41, 5.74) is 16.3. The molecule has 1 radical (unpaired) electrons. The molecule has 0 fully saturated rings. The summed E-state index contributed by atoms with van der Waals surface area (Å²) in [6.45, 7) is 13.3. The van der Waals surface area contributed by atoms with Crippen LogP contribution in [0.5, 0.6) is 0 Å². The second-order valence-electron chi connectivity index (χ2n) is 16.9. The normalized spacial score (nSPS) is 11.2. The molecule has 0 aliphatic heterocycles. The smallest absolute Gasteiger partial charge is 0.122 e. The standard InChI is InChI=1S/C47H40N3O.C11H8N.Ir/c1-28(2)34-23-36(27-48)44-37-15-12-16-38(46(37)51-43(44)26-34)47-49-41-17-10-11-18-42(41)50(47)45-39(29(3)4)24-35(25-40(45)30(5)6)33-21-19-32(20-22-33)31-13-8-7-9-14-31;1-2-6-10(7-3-1)11-8-4-5-9-12-11;/h7-15,17-26,28-30H,1-6H3;1-6,8-9H;/q2*-1;. The third-order valence-electron chi connectivity index (χ3n) is 11.7. The van der Waals surface area contributed by atoms with Crippen molar-refractivity contribution in [2.24, 2.45) is 0 Å². The van der Waals surface area contributed by atoms with E-state index in [2.05, 4.69) is 160 Å². The van der Waals surface area contributed by atoms with E-state index in [9.17, 15) is 5.26 Å². The molecular weight excluding hydrogens is 961 g/mol. The largest absolute Gasteiger partial charge is 0.500 e. The Hall–Kier alpha value is -6.90. The Morgan fingerprint density at radius 1 is 0.625 bits per heavy atom. The van der Waals surface area contributed by atoms with Crippen molar-refractivity contribution in [1.82, 2.24) is 14.5 Å². The molecule has 0 amide bonds. The average molecular weight is 1010 g/mol. The van der Waals surface area contributed by atoms with Crippen molar-refractivity contribution in [3.8, 4) is 56.7 Å². The number of aromatic nitrogens is 3. The van der Waals surface area contributed by atoms with Gasteiger partial charge in [0.15, 0.2) is 0 Å². The Morgan fingerprint density at radius 2 is 1.28 bits per heavy atom. The van der Waals surface area contributed by atoms with Crippen LogP contribution in [0.4, 0.5) is 0 Å². The number of rotatable bonds is 8. The first kappa shape index (κ1) is 43.7. The van der Waals surface area contributed by atoms with Crippen LogP contribution in [-0.4, -0.2) is 14.5 Å². The molecule has 317 valence electrons. The Bertz CT molecular complexity index is 3180. The number of furan rings is 1. The summed E-state index contributed by atoms with van der Waals surface area (Å²) < 4.78 is 9.02. The average Bonchev–Trinajstić information content (AvgIpc) is 3.91. The summed E-state index contributed by atoms with van der Waals surface area (Å²) >= 11 is 0. The molecule has 64 heavy (non-hydrogen) atoms.